The molecule has 0 fully saturated rings. The first-order valence-electron chi connectivity index (χ1n) is 17.0. The fourth-order valence-electron chi connectivity index (χ4n) is 6.81. The van der Waals surface area contributed by atoms with Gasteiger partial charge in [-0.2, -0.15) is 26.3 Å². The van der Waals surface area contributed by atoms with E-state index in [9.17, 15) is 36.2 Å². The molecule has 4 aromatic rings. The number of ketones is 1. The monoisotopic (exact) mass is 893 g/mol. The second-order valence-electron chi connectivity index (χ2n) is 14.2. The van der Waals surface area contributed by atoms with Gasteiger partial charge in [-0.05, 0) is 74.6 Å². The summed E-state index contributed by atoms with van der Waals surface area (Å²) in [7, 11) is 0. The number of benzene rings is 3. The summed E-state index contributed by atoms with van der Waals surface area (Å²) in [5, 5.41) is 13.5. The number of aliphatic hydroxyl groups is 1. The van der Waals surface area contributed by atoms with E-state index in [2.05, 4.69) is 96.1 Å². The molecule has 281 valence electrons. The number of fused-ring (bicyclic) bond motifs is 2. The molecule has 1 heterocycles. The molecule has 0 amide bonds. The molecule has 1 aromatic heterocycles. The minimum Gasteiger partial charge on any atom is -0.511 e. The first-order chi connectivity index (χ1) is 23.0. The van der Waals surface area contributed by atoms with Gasteiger partial charge in [-0.3, -0.25) is 9.78 Å². The first-order valence-corrected chi connectivity index (χ1v) is 17.0. The van der Waals surface area contributed by atoms with E-state index < -0.39 is 60.4 Å². The van der Waals surface area contributed by atoms with Crippen LogP contribution >= 0.6 is 0 Å². The number of aromatic nitrogens is 1. The fourth-order valence-corrected chi connectivity index (χ4v) is 6.81. The van der Waals surface area contributed by atoms with E-state index in [-0.39, 0.29) is 31.6 Å². The fraction of sp³-hybridized carbons (Fsp3) is 0.463. The Morgan fingerprint density at radius 1 is 0.784 bits per heavy atom. The number of rotatable bonds is 8. The van der Waals surface area contributed by atoms with Gasteiger partial charge >= 0.3 is 12.4 Å². The van der Waals surface area contributed by atoms with E-state index in [1.807, 2.05) is 0 Å². The Morgan fingerprint density at radius 2 is 1.29 bits per heavy atom. The third-order valence-electron chi connectivity index (χ3n) is 10.0. The third kappa shape index (κ3) is 8.71. The van der Waals surface area contributed by atoms with Crippen LogP contribution in [0.2, 0.25) is 0 Å². The van der Waals surface area contributed by atoms with E-state index in [4.69, 9.17) is 4.98 Å². The standard InChI is InChI=1S/C26H26N.C15H22F6O2.Ir/c1-16-11-17(2)25-18(3)13-23(27-24(25)12-16)20-14-19-9-7-8-10-21(19)22(15-20)26(4,5)6;1-5-12(6-2,14(16,17)18)10(22)9-11(23)13(7-3,8-4)15(19,20)21;/h7-13,15H,1-6H3;9,22H,5-8H2,1-4H3;/q-1;;/b;10-9-;. The zero-order chi connectivity index (χ0) is 38.0. The van der Waals surface area contributed by atoms with E-state index >= 15 is 0 Å². The summed E-state index contributed by atoms with van der Waals surface area (Å²) in [5.74, 6) is -2.92. The summed E-state index contributed by atoms with van der Waals surface area (Å²) >= 11 is 0. The van der Waals surface area contributed by atoms with E-state index in [0.29, 0.717) is 0 Å². The number of pyridine rings is 1. The topological polar surface area (TPSA) is 50.2 Å². The average molecular weight is 893 g/mol. The molecule has 0 atom stereocenters. The van der Waals surface area contributed by atoms with Crippen LogP contribution in [0, 0.1) is 37.7 Å². The second kappa shape index (κ2) is 16.2. The Kier molecular flexibility index (Phi) is 14.0. The number of aryl methyl sites for hydroxylation is 3. The van der Waals surface area contributed by atoms with Crippen LogP contribution in [0.5, 0.6) is 0 Å². The number of hydrogen-bond acceptors (Lipinski definition) is 3. The molecular weight excluding hydrogens is 845 g/mol. The van der Waals surface area contributed by atoms with Crippen molar-refractivity contribution in [1.29, 1.82) is 0 Å². The SMILES string of the molecule is CCC(CC)(C(=O)/C=C(\O)C(CC)(CC)C(F)(F)F)C(F)(F)F.Cc1cc(C)c2c(C)cc(-c3[c-]c4ccccc4c(C(C)(C)C)c3)nc2c1.[Ir]. The molecule has 3 nitrogen and oxygen atoms in total. The number of halogens is 6. The van der Waals surface area contributed by atoms with Gasteiger partial charge < -0.3 is 5.11 Å². The van der Waals surface area contributed by atoms with Gasteiger partial charge in [0.1, 0.15) is 16.6 Å². The molecule has 0 aliphatic rings. The van der Waals surface area contributed by atoms with Crippen LogP contribution in [-0.2, 0) is 30.3 Å². The maximum atomic E-state index is 13.2. The van der Waals surface area contributed by atoms with E-state index in [0.717, 1.165) is 49.9 Å². The molecule has 4 rings (SSSR count). The Bertz CT molecular complexity index is 1880. The molecule has 0 aliphatic heterocycles. The van der Waals surface area contributed by atoms with Crippen LogP contribution < -0.4 is 0 Å². The maximum Gasteiger partial charge on any atom is 0.401 e. The minimum absolute atomic E-state index is 0. The van der Waals surface area contributed by atoms with Gasteiger partial charge in [0.2, 0.25) is 0 Å². The Hall–Kier alpha value is -3.23. The average Bonchev–Trinajstić information content (AvgIpc) is 3.00. The van der Waals surface area contributed by atoms with Crippen molar-refractivity contribution in [3.8, 4) is 11.3 Å². The number of alkyl halides is 6. The number of nitrogens with zero attached hydrogens (tertiary/aromatic N) is 1. The number of hydrogen-bond donors (Lipinski definition) is 1. The summed E-state index contributed by atoms with van der Waals surface area (Å²) in [5.41, 5.74) is 2.84. The molecule has 0 saturated heterocycles. The van der Waals surface area contributed by atoms with Crippen molar-refractivity contribution in [2.75, 3.05) is 0 Å². The largest absolute Gasteiger partial charge is 0.511 e. The molecule has 0 aliphatic carbocycles. The molecule has 10 heteroatoms. The molecular formula is C41H48F6IrNO2-. The van der Waals surface area contributed by atoms with Gasteiger partial charge in [-0.1, -0.05) is 89.7 Å². The smallest absolute Gasteiger partial charge is 0.401 e. The van der Waals surface area contributed by atoms with Crippen molar-refractivity contribution in [2.24, 2.45) is 10.8 Å². The number of allylic oxidation sites excluding steroid dienone is 2. The molecule has 0 bridgehead atoms. The van der Waals surface area contributed by atoms with Crippen molar-refractivity contribution in [1.82, 2.24) is 4.98 Å². The predicted octanol–water partition coefficient (Wildman–Crippen LogP) is 12.8. The minimum atomic E-state index is -4.91. The molecule has 0 unspecified atom stereocenters. The number of carbonyl (C=O) groups excluding carboxylic acids is 1. The van der Waals surface area contributed by atoms with Crippen molar-refractivity contribution in [2.45, 2.75) is 113 Å². The summed E-state index contributed by atoms with van der Waals surface area (Å²) in [6.07, 6.45) is -12.1. The summed E-state index contributed by atoms with van der Waals surface area (Å²) in [6, 6.07) is 21.1. The van der Waals surface area contributed by atoms with Crippen molar-refractivity contribution in [3.63, 3.8) is 0 Å². The molecule has 3 aromatic carbocycles. The van der Waals surface area contributed by atoms with E-state index in [1.54, 1.807) is 0 Å². The first kappa shape index (κ1) is 43.9. The Balaban J connectivity index is 0.000000353. The van der Waals surface area contributed by atoms with Crippen molar-refractivity contribution >= 4 is 27.5 Å². The van der Waals surface area contributed by atoms with Gasteiger partial charge in [0.25, 0.3) is 0 Å². The normalized spacial score (nSPS) is 13.1. The van der Waals surface area contributed by atoms with Crippen molar-refractivity contribution in [3.05, 3.63) is 88.7 Å². The quantitative estimate of drug-likeness (QED) is 0.0830. The number of aliphatic hydroxyl groups excluding tert-OH is 1. The predicted molar refractivity (Wildman–Crippen MR) is 190 cm³/mol. The summed E-state index contributed by atoms with van der Waals surface area (Å²) < 4.78 is 79.4. The second-order valence-corrected chi connectivity index (χ2v) is 14.2. The van der Waals surface area contributed by atoms with Crippen LogP contribution in [0.25, 0.3) is 32.9 Å². The zero-order valence-electron chi connectivity index (χ0n) is 30.9. The Morgan fingerprint density at radius 3 is 1.78 bits per heavy atom. The zero-order valence-corrected chi connectivity index (χ0v) is 33.3. The van der Waals surface area contributed by atoms with Crippen LogP contribution in [0.4, 0.5) is 26.3 Å². The maximum absolute atomic E-state index is 13.2. The molecule has 51 heavy (non-hydrogen) atoms. The van der Waals surface area contributed by atoms with Gasteiger partial charge in [-0.15, -0.1) is 29.1 Å². The molecule has 0 spiro atoms. The van der Waals surface area contributed by atoms with Gasteiger partial charge in [0, 0.05) is 37.3 Å². The number of carbonyl (C=O) groups is 1. The van der Waals surface area contributed by atoms with Crippen LogP contribution in [0.3, 0.4) is 0 Å². The van der Waals surface area contributed by atoms with Gasteiger partial charge in [0.05, 0.1) is 5.52 Å². The molecule has 1 N–H and O–H groups in total. The van der Waals surface area contributed by atoms with Crippen LogP contribution in [0.1, 0.15) is 96.4 Å². The summed E-state index contributed by atoms with van der Waals surface area (Å²) in [4.78, 5) is 17.1. The molecule has 0 saturated carbocycles. The molecule has 1 radical (unpaired) electrons. The Labute approximate surface area is 311 Å². The van der Waals surface area contributed by atoms with Crippen LogP contribution in [0.15, 0.2) is 60.4 Å². The third-order valence-corrected chi connectivity index (χ3v) is 10.0. The summed E-state index contributed by atoms with van der Waals surface area (Å²) in [6.45, 7) is 17.9. The van der Waals surface area contributed by atoms with Gasteiger partial charge in [-0.25, -0.2) is 0 Å². The van der Waals surface area contributed by atoms with Gasteiger partial charge in [0.15, 0.2) is 5.78 Å². The van der Waals surface area contributed by atoms with Crippen molar-refractivity contribution < 1.29 is 56.3 Å². The van der Waals surface area contributed by atoms with E-state index in [1.165, 1.54) is 33.0 Å². The van der Waals surface area contributed by atoms with Crippen LogP contribution in [-0.4, -0.2) is 28.2 Å².